The monoisotopic (exact) mass is 525 g/mol. The average Bonchev–Trinajstić information content (AvgIpc) is 3.34. The van der Waals surface area contributed by atoms with E-state index in [1.54, 1.807) is 12.4 Å². The Morgan fingerprint density at radius 2 is 1.95 bits per heavy atom. The number of amides is 1. The molecule has 0 radical (unpaired) electrons. The fourth-order valence-electron chi connectivity index (χ4n) is 4.51. The van der Waals surface area contributed by atoms with E-state index in [9.17, 15) is 19.7 Å². The van der Waals surface area contributed by atoms with Gasteiger partial charge in [-0.2, -0.15) is 0 Å². The van der Waals surface area contributed by atoms with Crippen molar-refractivity contribution in [2.45, 2.75) is 31.8 Å². The number of nitro benzene ring substituents is 1. The normalized spacial score (nSPS) is 14.7. The standard InChI is InChI=1S/C26H28ClN5O5/c1-37-26(34)22(14-21-16-30(17-28-21)15-18-5-3-2-4-6-18)29-25(33)19-9-11-31(12-10-19)24-13-20(27)7-8-23(24)32(35)36/h2-8,13,16-17,19,22H,9-12,14-15H2,1H3,(H,29,33). The Morgan fingerprint density at radius 3 is 2.62 bits per heavy atom. The lowest BCUT2D eigenvalue weighted by atomic mass is 9.94. The van der Waals surface area contributed by atoms with Crippen molar-refractivity contribution >= 4 is 34.9 Å². The second kappa shape index (κ2) is 11.9. The molecular weight excluding hydrogens is 498 g/mol. The molecule has 2 heterocycles. The van der Waals surface area contributed by atoms with Gasteiger partial charge in [0.1, 0.15) is 11.7 Å². The van der Waals surface area contributed by atoms with Crippen molar-refractivity contribution in [3.63, 3.8) is 0 Å². The SMILES string of the molecule is COC(=O)C(Cc1cn(Cc2ccccc2)cn1)NC(=O)C1CCN(c2cc(Cl)ccc2[N+](=O)[O-])CC1. The molecule has 1 atom stereocenters. The fourth-order valence-corrected chi connectivity index (χ4v) is 4.68. The number of esters is 1. The predicted octanol–water partition coefficient (Wildman–Crippen LogP) is 3.61. The molecule has 1 amide bonds. The Labute approximate surface area is 219 Å². The molecule has 10 nitrogen and oxygen atoms in total. The Balaban J connectivity index is 1.36. The summed E-state index contributed by atoms with van der Waals surface area (Å²) < 4.78 is 6.85. The number of carbonyl (C=O) groups excluding carboxylic acids is 2. The number of piperidine rings is 1. The summed E-state index contributed by atoms with van der Waals surface area (Å²) in [4.78, 5) is 42.7. The van der Waals surface area contributed by atoms with Crippen molar-refractivity contribution in [3.05, 3.63) is 87.4 Å². The molecule has 194 valence electrons. The molecule has 0 aliphatic carbocycles. The van der Waals surface area contributed by atoms with Crippen LogP contribution in [0.3, 0.4) is 0 Å². The van der Waals surface area contributed by atoms with E-state index in [0.29, 0.717) is 48.9 Å². The van der Waals surface area contributed by atoms with Crippen LogP contribution in [0.5, 0.6) is 0 Å². The number of carbonyl (C=O) groups is 2. The fraction of sp³-hybridized carbons (Fsp3) is 0.346. The van der Waals surface area contributed by atoms with Gasteiger partial charge in [0.2, 0.25) is 5.91 Å². The molecule has 1 unspecified atom stereocenters. The molecule has 1 N–H and O–H groups in total. The highest BCUT2D eigenvalue weighted by Gasteiger charge is 2.31. The largest absolute Gasteiger partial charge is 0.467 e. The zero-order valence-corrected chi connectivity index (χ0v) is 21.1. The molecular formula is C26H28ClN5O5. The molecule has 2 aromatic carbocycles. The van der Waals surface area contributed by atoms with Crippen LogP contribution in [0.2, 0.25) is 5.02 Å². The summed E-state index contributed by atoms with van der Waals surface area (Å²) in [5.74, 6) is -1.13. The lowest BCUT2D eigenvalue weighted by Crippen LogP contribution is -2.48. The Morgan fingerprint density at radius 1 is 1.22 bits per heavy atom. The van der Waals surface area contributed by atoms with Crippen molar-refractivity contribution in [2.75, 3.05) is 25.1 Å². The Bertz CT molecular complexity index is 1260. The summed E-state index contributed by atoms with van der Waals surface area (Å²) in [5, 5.41) is 14.7. The Hall–Kier alpha value is -3.92. The molecule has 1 aromatic heterocycles. The Kier molecular flexibility index (Phi) is 8.39. The summed E-state index contributed by atoms with van der Waals surface area (Å²) in [5.41, 5.74) is 2.20. The maximum Gasteiger partial charge on any atom is 0.328 e. The summed E-state index contributed by atoms with van der Waals surface area (Å²) in [6.45, 7) is 1.55. The third-order valence-electron chi connectivity index (χ3n) is 6.45. The van der Waals surface area contributed by atoms with Crippen LogP contribution in [0.4, 0.5) is 11.4 Å². The van der Waals surface area contributed by atoms with E-state index in [0.717, 1.165) is 5.56 Å². The van der Waals surface area contributed by atoms with Gasteiger partial charge in [0, 0.05) is 49.3 Å². The first kappa shape index (κ1) is 26.2. The minimum atomic E-state index is -0.871. The highest BCUT2D eigenvalue weighted by molar-refractivity contribution is 6.31. The van der Waals surface area contributed by atoms with Crippen molar-refractivity contribution < 1.29 is 19.2 Å². The maximum absolute atomic E-state index is 13.0. The van der Waals surface area contributed by atoms with Crippen LogP contribution >= 0.6 is 11.6 Å². The molecule has 1 aliphatic rings. The van der Waals surface area contributed by atoms with Gasteiger partial charge in [-0.3, -0.25) is 14.9 Å². The first-order valence-corrected chi connectivity index (χ1v) is 12.3. The number of hydrogen-bond acceptors (Lipinski definition) is 7. The third-order valence-corrected chi connectivity index (χ3v) is 6.69. The van der Waals surface area contributed by atoms with Crippen LogP contribution in [0.25, 0.3) is 0 Å². The molecule has 4 rings (SSSR count). The molecule has 37 heavy (non-hydrogen) atoms. The lowest BCUT2D eigenvalue weighted by molar-refractivity contribution is -0.384. The highest BCUT2D eigenvalue weighted by atomic mass is 35.5. The van der Waals surface area contributed by atoms with Crippen molar-refractivity contribution in [3.8, 4) is 0 Å². The highest BCUT2D eigenvalue weighted by Crippen LogP contribution is 2.33. The summed E-state index contributed by atoms with van der Waals surface area (Å²) >= 11 is 6.07. The quantitative estimate of drug-likeness (QED) is 0.257. The van der Waals surface area contributed by atoms with Crippen molar-refractivity contribution in [2.24, 2.45) is 5.92 Å². The molecule has 1 saturated heterocycles. The van der Waals surface area contributed by atoms with E-state index in [4.69, 9.17) is 16.3 Å². The zero-order chi connectivity index (χ0) is 26.4. The molecule has 0 saturated carbocycles. The average molecular weight is 526 g/mol. The van der Waals surface area contributed by atoms with Gasteiger partial charge in [0.25, 0.3) is 5.69 Å². The molecule has 11 heteroatoms. The molecule has 0 bridgehead atoms. The van der Waals surface area contributed by atoms with Crippen LogP contribution < -0.4 is 10.2 Å². The zero-order valence-electron chi connectivity index (χ0n) is 20.4. The van der Waals surface area contributed by atoms with Crippen LogP contribution in [-0.4, -0.2) is 52.6 Å². The molecule has 1 aliphatic heterocycles. The van der Waals surface area contributed by atoms with E-state index in [1.165, 1.54) is 19.2 Å². The predicted molar refractivity (Wildman–Crippen MR) is 138 cm³/mol. The number of hydrogen-bond donors (Lipinski definition) is 1. The van der Waals surface area contributed by atoms with Gasteiger partial charge < -0.3 is 19.5 Å². The number of imidazole rings is 1. The first-order valence-electron chi connectivity index (χ1n) is 12.0. The number of benzene rings is 2. The summed E-state index contributed by atoms with van der Waals surface area (Å²) in [6.07, 6.45) is 4.71. The number of ether oxygens (including phenoxy) is 1. The number of halogens is 1. The van der Waals surface area contributed by atoms with Crippen molar-refractivity contribution in [1.82, 2.24) is 14.9 Å². The number of nitrogens with one attached hydrogen (secondary N) is 1. The van der Waals surface area contributed by atoms with E-state index in [2.05, 4.69) is 10.3 Å². The topological polar surface area (TPSA) is 120 Å². The number of rotatable bonds is 9. The van der Waals surface area contributed by atoms with Gasteiger partial charge in [-0.1, -0.05) is 41.9 Å². The summed E-state index contributed by atoms with van der Waals surface area (Å²) in [6, 6.07) is 13.5. The third kappa shape index (κ3) is 6.65. The number of nitrogens with zero attached hydrogens (tertiary/aromatic N) is 4. The molecule has 3 aromatic rings. The molecule has 0 spiro atoms. The van der Waals surface area contributed by atoms with E-state index in [1.807, 2.05) is 46.0 Å². The second-order valence-electron chi connectivity index (χ2n) is 8.96. The number of anilines is 1. The van der Waals surface area contributed by atoms with Gasteiger partial charge in [-0.15, -0.1) is 0 Å². The van der Waals surface area contributed by atoms with Gasteiger partial charge in [0.15, 0.2) is 0 Å². The minimum absolute atomic E-state index is 0.0234. The maximum atomic E-state index is 13.0. The van der Waals surface area contributed by atoms with Crippen molar-refractivity contribution in [1.29, 1.82) is 0 Å². The number of nitro groups is 1. The molecule has 1 fully saturated rings. The van der Waals surface area contributed by atoms with Crippen LogP contribution in [-0.2, 0) is 27.3 Å². The number of aromatic nitrogens is 2. The van der Waals surface area contributed by atoms with Crippen LogP contribution in [0.15, 0.2) is 61.1 Å². The van der Waals surface area contributed by atoms with E-state index in [-0.39, 0.29) is 23.9 Å². The van der Waals surface area contributed by atoms with E-state index < -0.39 is 16.9 Å². The van der Waals surface area contributed by atoms with E-state index >= 15 is 0 Å². The minimum Gasteiger partial charge on any atom is -0.467 e. The lowest BCUT2D eigenvalue weighted by Gasteiger charge is -2.33. The van der Waals surface area contributed by atoms with Gasteiger partial charge in [-0.05, 0) is 30.5 Å². The smallest absolute Gasteiger partial charge is 0.328 e. The van der Waals surface area contributed by atoms with Crippen LogP contribution in [0, 0.1) is 16.0 Å². The van der Waals surface area contributed by atoms with Crippen LogP contribution in [0.1, 0.15) is 24.1 Å². The number of methoxy groups -OCH3 is 1. The second-order valence-corrected chi connectivity index (χ2v) is 9.40. The van der Waals surface area contributed by atoms with Gasteiger partial charge >= 0.3 is 5.97 Å². The van der Waals surface area contributed by atoms with Gasteiger partial charge in [-0.25, -0.2) is 9.78 Å². The van der Waals surface area contributed by atoms with Gasteiger partial charge in [0.05, 0.1) is 24.1 Å². The first-order chi connectivity index (χ1) is 17.8. The summed E-state index contributed by atoms with van der Waals surface area (Å²) in [7, 11) is 1.28.